The normalized spacial score (nSPS) is 24.9. The van der Waals surface area contributed by atoms with E-state index in [1.165, 1.54) is 24.2 Å². The standard InChI is InChI=1S/C18H25N7O2/c1-3-12-8-13(9-12)10-24-11-19-16(22-24)17(26)21-14-5-7-25-15(4-6-20-25)23(2)18(14)27/h4,6,11-14H,3,5,7-10H2,1-2H3,(H,21,26)/t12?,13?,14-/m0/s1. The van der Waals surface area contributed by atoms with E-state index in [4.69, 9.17) is 0 Å². The molecular weight excluding hydrogens is 346 g/mol. The lowest BCUT2D eigenvalue weighted by Gasteiger charge is -2.34. The van der Waals surface area contributed by atoms with Crippen LogP contribution in [0.2, 0.25) is 0 Å². The molecule has 2 amide bonds. The molecule has 0 spiro atoms. The first-order chi connectivity index (χ1) is 13.0. The van der Waals surface area contributed by atoms with Gasteiger partial charge < -0.3 is 5.32 Å². The maximum absolute atomic E-state index is 12.7. The lowest BCUT2D eigenvalue weighted by atomic mass is 9.74. The van der Waals surface area contributed by atoms with Crippen molar-refractivity contribution in [1.29, 1.82) is 0 Å². The third-order valence-corrected chi connectivity index (χ3v) is 5.70. The maximum Gasteiger partial charge on any atom is 0.291 e. The number of aryl methyl sites for hydroxylation is 1. The summed E-state index contributed by atoms with van der Waals surface area (Å²) in [4.78, 5) is 30.8. The predicted octanol–water partition coefficient (Wildman–Crippen LogP) is 1.08. The van der Waals surface area contributed by atoms with Crippen molar-refractivity contribution in [1.82, 2.24) is 29.9 Å². The number of carbonyl (C=O) groups is 2. The summed E-state index contributed by atoms with van der Waals surface area (Å²) in [6, 6.07) is 1.17. The van der Waals surface area contributed by atoms with Crippen LogP contribution in [0.4, 0.5) is 5.82 Å². The molecule has 9 nitrogen and oxygen atoms in total. The van der Waals surface area contributed by atoms with E-state index in [1.54, 1.807) is 35.0 Å². The van der Waals surface area contributed by atoms with Crippen LogP contribution in [0.3, 0.4) is 0 Å². The first-order valence-electron chi connectivity index (χ1n) is 9.54. The number of hydrogen-bond donors (Lipinski definition) is 1. The average molecular weight is 371 g/mol. The SMILES string of the molecule is CCC1CC(Cn2cnc(C(=O)N[C@H]3CCn4nccc4N(C)C3=O)n2)C1. The molecule has 27 heavy (non-hydrogen) atoms. The van der Waals surface area contributed by atoms with E-state index in [2.05, 4.69) is 27.4 Å². The van der Waals surface area contributed by atoms with Crippen LogP contribution in [0, 0.1) is 11.8 Å². The summed E-state index contributed by atoms with van der Waals surface area (Å²) in [7, 11) is 1.69. The summed E-state index contributed by atoms with van der Waals surface area (Å²) >= 11 is 0. The molecule has 0 aromatic carbocycles. The first-order valence-corrected chi connectivity index (χ1v) is 9.54. The van der Waals surface area contributed by atoms with Crippen LogP contribution < -0.4 is 10.2 Å². The molecule has 1 aliphatic heterocycles. The molecule has 1 saturated carbocycles. The van der Waals surface area contributed by atoms with E-state index in [-0.39, 0.29) is 11.7 Å². The van der Waals surface area contributed by atoms with Gasteiger partial charge in [0.2, 0.25) is 5.82 Å². The fourth-order valence-electron chi connectivity index (χ4n) is 3.97. The number of nitrogens with zero attached hydrogens (tertiary/aromatic N) is 6. The summed E-state index contributed by atoms with van der Waals surface area (Å²) in [5.41, 5.74) is 0. The van der Waals surface area contributed by atoms with Gasteiger partial charge in [-0.15, -0.1) is 5.10 Å². The van der Waals surface area contributed by atoms with Crippen molar-refractivity contribution >= 4 is 17.6 Å². The zero-order valence-corrected chi connectivity index (χ0v) is 15.7. The molecule has 2 aliphatic rings. The Labute approximate surface area is 157 Å². The number of amides is 2. The van der Waals surface area contributed by atoms with Gasteiger partial charge in [-0.1, -0.05) is 13.3 Å². The van der Waals surface area contributed by atoms with E-state index in [9.17, 15) is 9.59 Å². The van der Waals surface area contributed by atoms with Gasteiger partial charge in [0.15, 0.2) is 0 Å². The topological polar surface area (TPSA) is 97.9 Å². The number of nitrogens with one attached hydrogen (secondary N) is 1. The Bertz CT molecular complexity index is 836. The van der Waals surface area contributed by atoms with Gasteiger partial charge in [-0.25, -0.2) is 9.67 Å². The summed E-state index contributed by atoms with van der Waals surface area (Å²) in [6.45, 7) is 3.58. The molecule has 1 atom stereocenters. The number of fused-ring (bicyclic) bond motifs is 1. The van der Waals surface area contributed by atoms with E-state index in [0.29, 0.717) is 18.9 Å². The molecule has 144 valence electrons. The molecule has 0 radical (unpaired) electrons. The van der Waals surface area contributed by atoms with Gasteiger partial charge >= 0.3 is 0 Å². The second-order valence-electron chi connectivity index (χ2n) is 7.53. The summed E-state index contributed by atoms with van der Waals surface area (Å²) in [6.07, 6.45) is 7.41. The van der Waals surface area contributed by atoms with Crippen molar-refractivity contribution in [2.75, 3.05) is 11.9 Å². The van der Waals surface area contributed by atoms with Crippen LogP contribution in [0.1, 0.15) is 43.2 Å². The minimum Gasteiger partial charge on any atom is -0.337 e. The highest BCUT2D eigenvalue weighted by Crippen LogP contribution is 2.36. The Morgan fingerprint density at radius 2 is 2.15 bits per heavy atom. The maximum atomic E-state index is 12.7. The Balaban J connectivity index is 1.36. The molecule has 4 rings (SSSR count). The highest BCUT2D eigenvalue weighted by molar-refractivity contribution is 6.00. The number of aromatic nitrogens is 5. The minimum absolute atomic E-state index is 0.110. The van der Waals surface area contributed by atoms with Crippen molar-refractivity contribution in [2.45, 2.75) is 51.7 Å². The Morgan fingerprint density at radius 1 is 1.33 bits per heavy atom. The van der Waals surface area contributed by atoms with Crippen LogP contribution >= 0.6 is 0 Å². The summed E-state index contributed by atoms with van der Waals surface area (Å²) in [5.74, 6) is 1.70. The molecule has 0 bridgehead atoms. The molecule has 2 aromatic rings. The van der Waals surface area contributed by atoms with Gasteiger partial charge in [0.05, 0.1) is 6.20 Å². The predicted molar refractivity (Wildman–Crippen MR) is 98.0 cm³/mol. The largest absolute Gasteiger partial charge is 0.337 e. The molecule has 9 heteroatoms. The van der Waals surface area contributed by atoms with E-state index < -0.39 is 11.9 Å². The second kappa shape index (κ2) is 7.13. The van der Waals surface area contributed by atoms with Crippen LogP contribution in [-0.4, -0.2) is 49.4 Å². The van der Waals surface area contributed by atoms with Gasteiger partial charge in [0.1, 0.15) is 18.2 Å². The number of carbonyl (C=O) groups excluding carboxylic acids is 2. The third kappa shape index (κ3) is 3.45. The molecule has 0 unspecified atom stereocenters. The first kappa shape index (κ1) is 17.7. The smallest absolute Gasteiger partial charge is 0.291 e. The van der Waals surface area contributed by atoms with Crippen LogP contribution in [-0.2, 0) is 17.9 Å². The van der Waals surface area contributed by atoms with Gasteiger partial charge in [0.25, 0.3) is 11.8 Å². The molecule has 1 fully saturated rings. The van der Waals surface area contributed by atoms with E-state index >= 15 is 0 Å². The van der Waals surface area contributed by atoms with E-state index in [1.807, 2.05) is 0 Å². The van der Waals surface area contributed by atoms with Crippen molar-refractivity contribution in [3.8, 4) is 0 Å². The van der Waals surface area contributed by atoms with Gasteiger partial charge in [-0.2, -0.15) is 5.10 Å². The molecule has 0 saturated heterocycles. The second-order valence-corrected chi connectivity index (χ2v) is 7.53. The highest BCUT2D eigenvalue weighted by Gasteiger charge is 2.31. The van der Waals surface area contributed by atoms with Gasteiger partial charge in [-0.05, 0) is 31.1 Å². The Hall–Kier alpha value is -2.71. The van der Waals surface area contributed by atoms with Crippen molar-refractivity contribution < 1.29 is 9.59 Å². The fraction of sp³-hybridized carbons (Fsp3) is 0.611. The average Bonchev–Trinajstić information content (AvgIpc) is 3.27. The van der Waals surface area contributed by atoms with Crippen molar-refractivity contribution in [3.05, 3.63) is 24.4 Å². The lowest BCUT2D eigenvalue weighted by molar-refractivity contribution is -0.120. The van der Waals surface area contributed by atoms with Crippen LogP contribution in [0.15, 0.2) is 18.6 Å². The van der Waals surface area contributed by atoms with Crippen LogP contribution in [0.25, 0.3) is 0 Å². The van der Waals surface area contributed by atoms with Gasteiger partial charge in [0, 0.05) is 26.2 Å². The molecular formula is C18H25N7O2. The summed E-state index contributed by atoms with van der Waals surface area (Å²) in [5, 5.41) is 11.3. The lowest BCUT2D eigenvalue weighted by Crippen LogP contribution is -2.47. The van der Waals surface area contributed by atoms with Crippen molar-refractivity contribution in [2.24, 2.45) is 11.8 Å². The van der Waals surface area contributed by atoms with E-state index in [0.717, 1.165) is 18.3 Å². The number of rotatable bonds is 5. The van der Waals surface area contributed by atoms with Gasteiger partial charge in [-0.3, -0.25) is 19.2 Å². The number of likely N-dealkylation sites (N-methyl/N-ethyl adjacent to an activating group) is 1. The Kier molecular flexibility index (Phi) is 4.67. The molecule has 2 aromatic heterocycles. The number of anilines is 1. The fourth-order valence-corrected chi connectivity index (χ4v) is 3.97. The number of hydrogen-bond acceptors (Lipinski definition) is 5. The zero-order chi connectivity index (χ0) is 19.0. The monoisotopic (exact) mass is 371 g/mol. The third-order valence-electron chi connectivity index (χ3n) is 5.70. The van der Waals surface area contributed by atoms with Crippen molar-refractivity contribution in [3.63, 3.8) is 0 Å². The minimum atomic E-state index is -0.618. The molecule has 3 heterocycles. The highest BCUT2D eigenvalue weighted by atomic mass is 16.2. The Morgan fingerprint density at radius 3 is 2.93 bits per heavy atom. The quantitative estimate of drug-likeness (QED) is 0.848. The zero-order valence-electron chi connectivity index (χ0n) is 15.7. The molecule has 1 aliphatic carbocycles. The summed E-state index contributed by atoms with van der Waals surface area (Å²) < 4.78 is 3.50. The molecule has 1 N–H and O–H groups in total. The van der Waals surface area contributed by atoms with Crippen LogP contribution in [0.5, 0.6) is 0 Å².